The summed E-state index contributed by atoms with van der Waals surface area (Å²) in [4.78, 5) is 0. The van der Waals surface area contributed by atoms with E-state index < -0.39 is 6.29 Å². The Morgan fingerprint density at radius 3 is 2.00 bits per heavy atom. The zero-order valence-corrected chi connectivity index (χ0v) is 9.00. The third kappa shape index (κ3) is 8.26. The van der Waals surface area contributed by atoms with Gasteiger partial charge in [-0.2, -0.15) is 0 Å². The van der Waals surface area contributed by atoms with Crippen molar-refractivity contribution in [2.45, 2.75) is 65.1 Å². The molecule has 1 atom stereocenters. The van der Waals surface area contributed by atoms with E-state index >= 15 is 0 Å². The smallest absolute Gasteiger partial charge is 0.154 e. The number of aliphatic hydroxyl groups is 2. The van der Waals surface area contributed by atoms with E-state index in [1.165, 1.54) is 32.1 Å². The number of hydrogen-bond donors (Lipinski definition) is 2. The number of unbranched alkanes of at least 4 members (excludes halogenated alkanes) is 5. The van der Waals surface area contributed by atoms with Crippen LogP contribution in [0.1, 0.15) is 58.8 Å². The van der Waals surface area contributed by atoms with Gasteiger partial charge in [-0.15, -0.1) is 0 Å². The monoisotopic (exact) mass is 188 g/mol. The van der Waals surface area contributed by atoms with Gasteiger partial charge in [0, 0.05) is 5.92 Å². The minimum absolute atomic E-state index is 0.0335. The Kier molecular flexibility index (Phi) is 8.46. The van der Waals surface area contributed by atoms with E-state index in [-0.39, 0.29) is 5.92 Å². The summed E-state index contributed by atoms with van der Waals surface area (Å²) in [5.41, 5.74) is 0. The summed E-state index contributed by atoms with van der Waals surface area (Å²) in [6.07, 6.45) is 7.40. The Morgan fingerprint density at radius 1 is 0.923 bits per heavy atom. The summed E-state index contributed by atoms with van der Waals surface area (Å²) in [7, 11) is 0. The van der Waals surface area contributed by atoms with Gasteiger partial charge in [0.05, 0.1) is 0 Å². The molecular formula is C11H24O2. The Balaban J connectivity index is 3.07. The lowest BCUT2D eigenvalue weighted by molar-refractivity contribution is -0.0808. The van der Waals surface area contributed by atoms with Gasteiger partial charge in [0.15, 0.2) is 6.29 Å². The van der Waals surface area contributed by atoms with Crippen molar-refractivity contribution < 1.29 is 10.2 Å². The zero-order valence-electron chi connectivity index (χ0n) is 9.00. The van der Waals surface area contributed by atoms with E-state index in [1.807, 2.05) is 6.92 Å². The molecule has 0 aromatic carbocycles. The second-order valence-corrected chi connectivity index (χ2v) is 3.95. The van der Waals surface area contributed by atoms with E-state index in [0.717, 1.165) is 12.8 Å². The van der Waals surface area contributed by atoms with Crippen molar-refractivity contribution >= 4 is 0 Å². The molecule has 0 aliphatic rings. The molecular weight excluding hydrogens is 164 g/mol. The van der Waals surface area contributed by atoms with Crippen molar-refractivity contribution in [2.75, 3.05) is 0 Å². The minimum atomic E-state index is -1.13. The molecule has 0 heterocycles. The van der Waals surface area contributed by atoms with E-state index in [0.29, 0.717) is 0 Å². The predicted molar refractivity (Wildman–Crippen MR) is 55.4 cm³/mol. The standard InChI is InChI=1S/C11H24O2/c1-3-4-5-6-7-8-9-10(2)11(12)13/h10-13H,3-9H2,1-2H3/t10-/m0/s1. The van der Waals surface area contributed by atoms with Crippen molar-refractivity contribution in [3.63, 3.8) is 0 Å². The van der Waals surface area contributed by atoms with Crippen LogP contribution >= 0.6 is 0 Å². The molecule has 0 aromatic heterocycles. The maximum Gasteiger partial charge on any atom is 0.154 e. The van der Waals surface area contributed by atoms with Crippen LogP contribution in [-0.4, -0.2) is 16.5 Å². The van der Waals surface area contributed by atoms with Crippen LogP contribution < -0.4 is 0 Å². The second-order valence-electron chi connectivity index (χ2n) is 3.95. The lowest BCUT2D eigenvalue weighted by Crippen LogP contribution is -2.15. The van der Waals surface area contributed by atoms with Crippen LogP contribution in [0.2, 0.25) is 0 Å². The van der Waals surface area contributed by atoms with Gasteiger partial charge in [0.2, 0.25) is 0 Å². The molecule has 0 saturated carbocycles. The zero-order chi connectivity index (χ0) is 10.1. The average Bonchev–Trinajstić information content (AvgIpc) is 2.10. The SMILES string of the molecule is CCCCCCCC[C@H](C)C(O)O. The van der Waals surface area contributed by atoms with Crippen molar-refractivity contribution in [1.29, 1.82) is 0 Å². The molecule has 0 aliphatic heterocycles. The van der Waals surface area contributed by atoms with Crippen LogP contribution in [-0.2, 0) is 0 Å². The van der Waals surface area contributed by atoms with Gasteiger partial charge < -0.3 is 10.2 Å². The van der Waals surface area contributed by atoms with Gasteiger partial charge in [-0.1, -0.05) is 52.4 Å². The van der Waals surface area contributed by atoms with Crippen molar-refractivity contribution in [3.8, 4) is 0 Å². The summed E-state index contributed by atoms with van der Waals surface area (Å²) in [5.74, 6) is 0.0335. The maximum atomic E-state index is 8.82. The fraction of sp³-hybridized carbons (Fsp3) is 1.00. The first kappa shape index (κ1) is 12.9. The highest BCUT2D eigenvalue weighted by Crippen LogP contribution is 2.13. The molecule has 2 N–H and O–H groups in total. The molecule has 0 aromatic rings. The topological polar surface area (TPSA) is 40.5 Å². The van der Waals surface area contributed by atoms with Crippen LogP contribution in [0, 0.1) is 5.92 Å². The first-order chi connectivity index (χ1) is 6.18. The summed E-state index contributed by atoms with van der Waals surface area (Å²) in [6.45, 7) is 4.10. The van der Waals surface area contributed by atoms with Gasteiger partial charge >= 0.3 is 0 Å². The molecule has 80 valence electrons. The highest BCUT2D eigenvalue weighted by molar-refractivity contribution is 4.54. The molecule has 0 saturated heterocycles. The fourth-order valence-corrected chi connectivity index (χ4v) is 1.40. The van der Waals surface area contributed by atoms with Crippen LogP contribution in [0.25, 0.3) is 0 Å². The Bertz CT molecular complexity index is 102. The van der Waals surface area contributed by atoms with E-state index in [2.05, 4.69) is 6.92 Å². The summed E-state index contributed by atoms with van der Waals surface area (Å²) < 4.78 is 0. The van der Waals surface area contributed by atoms with Gasteiger partial charge in [-0.3, -0.25) is 0 Å². The fourth-order valence-electron chi connectivity index (χ4n) is 1.40. The van der Waals surface area contributed by atoms with Crippen molar-refractivity contribution in [1.82, 2.24) is 0 Å². The molecule has 2 nitrogen and oxygen atoms in total. The lowest BCUT2D eigenvalue weighted by atomic mass is 10.0. The summed E-state index contributed by atoms with van der Waals surface area (Å²) in [5, 5.41) is 17.6. The first-order valence-electron chi connectivity index (χ1n) is 5.54. The number of hydrogen-bond acceptors (Lipinski definition) is 2. The molecule has 0 fully saturated rings. The Hall–Kier alpha value is -0.0800. The highest BCUT2D eigenvalue weighted by Gasteiger charge is 2.08. The third-order valence-electron chi connectivity index (χ3n) is 2.52. The molecule has 0 bridgehead atoms. The second kappa shape index (κ2) is 8.52. The molecule has 2 heteroatoms. The van der Waals surface area contributed by atoms with E-state index in [4.69, 9.17) is 10.2 Å². The molecule has 0 unspecified atom stereocenters. The Morgan fingerprint density at radius 2 is 1.46 bits per heavy atom. The van der Waals surface area contributed by atoms with Gasteiger partial charge in [0.1, 0.15) is 0 Å². The quantitative estimate of drug-likeness (QED) is 0.454. The van der Waals surface area contributed by atoms with Gasteiger partial charge in [-0.05, 0) is 6.42 Å². The number of aliphatic hydroxyl groups excluding tert-OH is 1. The van der Waals surface area contributed by atoms with Crippen LogP contribution in [0.15, 0.2) is 0 Å². The third-order valence-corrected chi connectivity index (χ3v) is 2.52. The largest absolute Gasteiger partial charge is 0.368 e. The van der Waals surface area contributed by atoms with Crippen molar-refractivity contribution in [2.24, 2.45) is 5.92 Å². The van der Waals surface area contributed by atoms with Crippen molar-refractivity contribution in [3.05, 3.63) is 0 Å². The number of rotatable bonds is 8. The van der Waals surface area contributed by atoms with E-state index in [1.54, 1.807) is 0 Å². The Labute approximate surface area is 82.0 Å². The van der Waals surface area contributed by atoms with Gasteiger partial charge in [-0.25, -0.2) is 0 Å². The average molecular weight is 188 g/mol. The molecule has 0 spiro atoms. The predicted octanol–water partition coefficient (Wildman–Crippen LogP) is 2.68. The molecule has 0 aliphatic carbocycles. The minimum Gasteiger partial charge on any atom is -0.368 e. The lowest BCUT2D eigenvalue weighted by Gasteiger charge is -2.12. The molecule has 0 amide bonds. The maximum absolute atomic E-state index is 8.82. The molecule has 0 radical (unpaired) electrons. The van der Waals surface area contributed by atoms with E-state index in [9.17, 15) is 0 Å². The summed E-state index contributed by atoms with van der Waals surface area (Å²) in [6, 6.07) is 0. The molecule has 13 heavy (non-hydrogen) atoms. The highest BCUT2D eigenvalue weighted by atomic mass is 16.5. The first-order valence-corrected chi connectivity index (χ1v) is 5.54. The summed E-state index contributed by atoms with van der Waals surface area (Å²) >= 11 is 0. The molecule has 0 rings (SSSR count). The van der Waals surface area contributed by atoms with Crippen LogP contribution in [0.4, 0.5) is 0 Å². The normalized spacial score (nSPS) is 13.6. The van der Waals surface area contributed by atoms with Crippen LogP contribution in [0.3, 0.4) is 0 Å². The van der Waals surface area contributed by atoms with Crippen LogP contribution in [0.5, 0.6) is 0 Å². The van der Waals surface area contributed by atoms with Gasteiger partial charge in [0.25, 0.3) is 0 Å².